The summed E-state index contributed by atoms with van der Waals surface area (Å²) in [5.74, 6) is 0.0516. The Morgan fingerprint density at radius 3 is 1.67 bits per heavy atom. The highest BCUT2D eigenvalue weighted by molar-refractivity contribution is 6.30. The predicted octanol–water partition coefficient (Wildman–Crippen LogP) is 8.06. The van der Waals surface area contributed by atoms with Crippen LogP contribution < -0.4 is 15.4 Å². The smallest absolute Gasteiger partial charge is 0.263 e. The minimum atomic E-state index is -1.11. The van der Waals surface area contributed by atoms with Crippen LogP contribution >= 0.6 is 11.6 Å². The molecule has 0 unspecified atom stereocenters. The molecule has 1 aromatic rings. The van der Waals surface area contributed by atoms with Crippen molar-refractivity contribution in [3.63, 3.8) is 0 Å². The number of halogens is 1. The van der Waals surface area contributed by atoms with Crippen LogP contribution in [-0.2, 0) is 14.4 Å². The average molecular weight is 652 g/mol. The number of amides is 3. The highest BCUT2D eigenvalue weighted by Crippen LogP contribution is 2.21. The van der Waals surface area contributed by atoms with E-state index in [1.165, 1.54) is 6.92 Å². The maximum atomic E-state index is 12.7. The average Bonchev–Trinajstić information content (AvgIpc) is 3.02. The Hall–Kier alpha value is -3.84. The summed E-state index contributed by atoms with van der Waals surface area (Å²) in [7, 11) is 0. The SMILES string of the molecule is CC/C=C\C/C=C\C/C=C\C/C=C\C/C=C\C/C=C\CCC(=O)NCCN(CCNC(=O)C(C)(C)Oc1ccc(Cl)cc1)C(C)=O. The van der Waals surface area contributed by atoms with Crippen molar-refractivity contribution in [1.82, 2.24) is 15.5 Å². The maximum Gasteiger partial charge on any atom is 0.263 e. The summed E-state index contributed by atoms with van der Waals surface area (Å²) in [4.78, 5) is 38.5. The van der Waals surface area contributed by atoms with Crippen molar-refractivity contribution in [1.29, 1.82) is 0 Å². The Morgan fingerprint density at radius 2 is 1.20 bits per heavy atom. The fourth-order valence-corrected chi connectivity index (χ4v) is 4.19. The van der Waals surface area contributed by atoms with Crippen LogP contribution in [0.2, 0.25) is 5.02 Å². The zero-order valence-corrected chi connectivity index (χ0v) is 28.9. The first-order chi connectivity index (χ1) is 22.2. The van der Waals surface area contributed by atoms with Gasteiger partial charge in [-0.25, -0.2) is 0 Å². The highest BCUT2D eigenvalue weighted by Gasteiger charge is 2.29. The summed E-state index contributed by atoms with van der Waals surface area (Å²) in [5.41, 5.74) is -1.11. The molecule has 1 rings (SSSR count). The number of benzene rings is 1. The Balaban J connectivity index is 2.16. The van der Waals surface area contributed by atoms with Gasteiger partial charge in [-0.2, -0.15) is 0 Å². The van der Waals surface area contributed by atoms with Crippen LogP contribution in [-0.4, -0.2) is 54.4 Å². The summed E-state index contributed by atoms with van der Waals surface area (Å²) in [6, 6.07) is 6.79. The van der Waals surface area contributed by atoms with Crippen molar-refractivity contribution >= 4 is 29.3 Å². The number of ether oxygens (including phenoxy) is 1. The molecule has 0 spiro atoms. The summed E-state index contributed by atoms with van der Waals surface area (Å²) >= 11 is 5.90. The molecule has 0 saturated heterocycles. The number of carbonyl (C=O) groups is 3. The summed E-state index contributed by atoms with van der Waals surface area (Å²) < 4.78 is 5.80. The molecule has 2 N–H and O–H groups in total. The van der Waals surface area contributed by atoms with Crippen molar-refractivity contribution in [3.8, 4) is 5.75 Å². The van der Waals surface area contributed by atoms with Gasteiger partial charge in [0.15, 0.2) is 5.60 Å². The molecule has 252 valence electrons. The Morgan fingerprint density at radius 1 is 0.739 bits per heavy atom. The molecule has 0 aromatic heterocycles. The number of nitrogens with one attached hydrogen (secondary N) is 2. The molecule has 8 heteroatoms. The molecule has 46 heavy (non-hydrogen) atoms. The molecule has 0 aliphatic rings. The van der Waals surface area contributed by atoms with Gasteiger partial charge in [-0.1, -0.05) is 91.4 Å². The van der Waals surface area contributed by atoms with Gasteiger partial charge >= 0.3 is 0 Å². The molecule has 7 nitrogen and oxygen atoms in total. The van der Waals surface area contributed by atoms with Gasteiger partial charge in [0.2, 0.25) is 11.8 Å². The largest absolute Gasteiger partial charge is 0.478 e. The Kier molecular flexibility index (Phi) is 22.2. The van der Waals surface area contributed by atoms with Gasteiger partial charge in [-0.05, 0) is 83.1 Å². The fraction of sp³-hybridized carbons (Fsp3) is 0.447. The Bertz CT molecular complexity index is 1200. The van der Waals surface area contributed by atoms with E-state index in [-0.39, 0.29) is 24.3 Å². The lowest BCUT2D eigenvalue weighted by Gasteiger charge is -2.26. The van der Waals surface area contributed by atoms with Crippen molar-refractivity contribution in [2.24, 2.45) is 0 Å². The lowest BCUT2D eigenvalue weighted by atomic mass is 10.1. The molecule has 0 fully saturated rings. The van der Waals surface area contributed by atoms with E-state index in [1.54, 1.807) is 43.0 Å². The first kappa shape index (κ1) is 40.2. The molecule has 1 aromatic carbocycles. The van der Waals surface area contributed by atoms with E-state index in [4.69, 9.17) is 16.3 Å². The molecule has 0 radical (unpaired) electrons. The van der Waals surface area contributed by atoms with Crippen LogP contribution in [0.15, 0.2) is 97.2 Å². The van der Waals surface area contributed by atoms with Gasteiger partial charge in [0.25, 0.3) is 5.91 Å². The van der Waals surface area contributed by atoms with E-state index in [0.717, 1.165) is 38.5 Å². The molecule has 0 aliphatic heterocycles. The predicted molar refractivity (Wildman–Crippen MR) is 192 cm³/mol. The second-order valence-corrected chi connectivity index (χ2v) is 11.6. The second kappa shape index (κ2) is 25.4. The lowest BCUT2D eigenvalue weighted by molar-refractivity contribution is -0.135. The standard InChI is InChI=1S/C38H54ClN3O4/c1-5-6-7-8-9-10-11-12-13-14-15-16-17-18-19-20-21-22-23-24-36(44)40-29-31-42(33(2)43)32-30-41-37(45)38(3,4)46-35-27-25-34(39)26-28-35/h6-7,9-10,12-13,15-16,18-19,21-22,25-28H,5,8,11,14,17,20,23-24,29-32H2,1-4H3,(H,40,44)(H,41,45)/b7-6-,10-9-,13-12-,16-15-,19-18-,22-21-. The third-order valence-electron chi connectivity index (χ3n) is 6.68. The molecule has 0 saturated carbocycles. The number of carbonyl (C=O) groups excluding carboxylic acids is 3. The van der Waals surface area contributed by atoms with Gasteiger partial charge in [0, 0.05) is 44.5 Å². The van der Waals surface area contributed by atoms with E-state index in [9.17, 15) is 14.4 Å². The van der Waals surface area contributed by atoms with Gasteiger partial charge in [0.1, 0.15) is 5.75 Å². The number of nitrogens with zero attached hydrogens (tertiary/aromatic N) is 1. The van der Waals surface area contributed by atoms with Gasteiger partial charge in [-0.15, -0.1) is 0 Å². The maximum absolute atomic E-state index is 12.7. The zero-order chi connectivity index (χ0) is 33.9. The first-order valence-corrected chi connectivity index (χ1v) is 16.7. The molecular formula is C38H54ClN3O4. The second-order valence-electron chi connectivity index (χ2n) is 11.1. The molecular weight excluding hydrogens is 598 g/mol. The van der Waals surface area contributed by atoms with E-state index < -0.39 is 5.60 Å². The van der Waals surface area contributed by atoms with E-state index in [0.29, 0.717) is 43.2 Å². The van der Waals surface area contributed by atoms with Crippen molar-refractivity contribution in [2.45, 2.75) is 84.7 Å². The van der Waals surface area contributed by atoms with Crippen molar-refractivity contribution < 1.29 is 19.1 Å². The van der Waals surface area contributed by atoms with E-state index in [2.05, 4.69) is 84.4 Å². The molecule has 0 bridgehead atoms. The molecule has 0 aliphatic carbocycles. The minimum Gasteiger partial charge on any atom is -0.478 e. The van der Waals surface area contributed by atoms with Crippen LogP contribution in [0.4, 0.5) is 0 Å². The van der Waals surface area contributed by atoms with E-state index >= 15 is 0 Å². The van der Waals surface area contributed by atoms with Gasteiger partial charge in [-0.3, -0.25) is 14.4 Å². The zero-order valence-electron chi connectivity index (χ0n) is 28.2. The molecule has 0 atom stereocenters. The quantitative estimate of drug-likeness (QED) is 0.117. The normalized spacial score (nSPS) is 12.4. The number of rotatable bonds is 23. The van der Waals surface area contributed by atoms with Crippen LogP contribution in [0.5, 0.6) is 5.75 Å². The van der Waals surface area contributed by atoms with Gasteiger partial charge < -0.3 is 20.3 Å². The highest BCUT2D eigenvalue weighted by atomic mass is 35.5. The lowest BCUT2D eigenvalue weighted by Crippen LogP contribution is -2.49. The van der Waals surface area contributed by atoms with Crippen LogP contribution in [0.3, 0.4) is 0 Å². The monoisotopic (exact) mass is 651 g/mol. The van der Waals surface area contributed by atoms with Crippen LogP contribution in [0.1, 0.15) is 79.1 Å². The third-order valence-corrected chi connectivity index (χ3v) is 6.94. The van der Waals surface area contributed by atoms with Gasteiger partial charge in [0.05, 0.1) is 0 Å². The number of hydrogen-bond donors (Lipinski definition) is 2. The van der Waals surface area contributed by atoms with Crippen molar-refractivity contribution in [2.75, 3.05) is 26.2 Å². The third kappa shape index (κ3) is 21.0. The van der Waals surface area contributed by atoms with Crippen LogP contribution in [0.25, 0.3) is 0 Å². The fourth-order valence-electron chi connectivity index (χ4n) is 4.06. The first-order valence-electron chi connectivity index (χ1n) is 16.3. The van der Waals surface area contributed by atoms with Crippen molar-refractivity contribution in [3.05, 3.63) is 102 Å². The number of hydrogen-bond acceptors (Lipinski definition) is 4. The molecule has 3 amide bonds. The van der Waals surface area contributed by atoms with Crippen LogP contribution in [0, 0.1) is 0 Å². The number of allylic oxidation sites excluding steroid dienone is 12. The van der Waals surface area contributed by atoms with E-state index in [1.807, 2.05) is 6.08 Å². The summed E-state index contributed by atoms with van der Waals surface area (Å²) in [5, 5.41) is 6.27. The summed E-state index contributed by atoms with van der Waals surface area (Å²) in [6.45, 7) is 8.27. The molecule has 0 heterocycles. The minimum absolute atomic E-state index is 0.0579. The Labute approximate surface area is 282 Å². The topological polar surface area (TPSA) is 87.7 Å². The summed E-state index contributed by atoms with van der Waals surface area (Å²) in [6.07, 6.45) is 32.7.